The molecular formula is C10H19NO. The minimum Gasteiger partial charge on any atom is -0.389 e. The molecule has 70 valence electrons. The Morgan fingerprint density at radius 3 is 2.50 bits per heavy atom. The molecule has 12 heavy (non-hydrogen) atoms. The molecule has 2 rings (SSSR count). The predicted molar refractivity (Wildman–Crippen MR) is 49.0 cm³/mol. The topological polar surface area (TPSA) is 32.3 Å². The fourth-order valence-corrected chi connectivity index (χ4v) is 2.05. The third-order valence-corrected chi connectivity index (χ3v) is 3.60. The Hall–Kier alpha value is -0.0800. The van der Waals surface area contributed by atoms with Crippen molar-refractivity contribution in [3.05, 3.63) is 0 Å². The Balaban J connectivity index is 1.67. The lowest BCUT2D eigenvalue weighted by Gasteiger charge is -2.41. The highest BCUT2D eigenvalue weighted by Crippen LogP contribution is 2.32. The van der Waals surface area contributed by atoms with Gasteiger partial charge in [-0.15, -0.1) is 0 Å². The van der Waals surface area contributed by atoms with Crippen LogP contribution in [0.25, 0.3) is 0 Å². The molecule has 2 atom stereocenters. The van der Waals surface area contributed by atoms with Crippen LogP contribution in [0.5, 0.6) is 0 Å². The van der Waals surface area contributed by atoms with Gasteiger partial charge in [-0.05, 0) is 38.0 Å². The fourth-order valence-electron chi connectivity index (χ4n) is 2.05. The van der Waals surface area contributed by atoms with Crippen molar-refractivity contribution in [3.63, 3.8) is 0 Å². The van der Waals surface area contributed by atoms with E-state index in [1.165, 1.54) is 19.3 Å². The fraction of sp³-hybridized carbons (Fsp3) is 1.00. The summed E-state index contributed by atoms with van der Waals surface area (Å²) >= 11 is 0. The van der Waals surface area contributed by atoms with Crippen LogP contribution in [-0.4, -0.2) is 23.3 Å². The van der Waals surface area contributed by atoms with E-state index in [-0.39, 0.29) is 5.60 Å². The van der Waals surface area contributed by atoms with Crippen LogP contribution in [0.4, 0.5) is 0 Å². The van der Waals surface area contributed by atoms with Crippen LogP contribution in [0.3, 0.4) is 0 Å². The zero-order chi connectivity index (χ0) is 8.60. The summed E-state index contributed by atoms with van der Waals surface area (Å²) in [6.07, 6.45) is 5.87. The van der Waals surface area contributed by atoms with Crippen molar-refractivity contribution < 1.29 is 5.11 Å². The van der Waals surface area contributed by atoms with Gasteiger partial charge in [-0.25, -0.2) is 0 Å². The van der Waals surface area contributed by atoms with Crippen molar-refractivity contribution in [2.24, 2.45) is 5.92 Å². The van der Waals surface area contributed by atoms with Gasteiger partial charge in [0.1, 0.15) is 0 Å². The molecule has 0 saturated heterocycles. The molecular weight excluding hydrogens is 150 g/mol. The maximum absolute atomic E-state index is 9.80. The van der Waals surface area contributed by atoms with Crippen LogP contribution in [0.2, 0.25) is 0 Å². The van der Waals surface area contributed by atoms with Crippen molar-refractivity contribution in [2.45, 2.75) is 50.7 Å². The van der Waals surface area contributed by atoms with Gasteiger partial charge in [0.2, 0.25) is 0 Å². The Morgan fingerprint density at radius 1 is 1.42 bits per heavy atom. The SMILES string of the molecule is CC1CCC1NCC1(O)CCC1. The molecule has 2 saturated carbocycles. The molecule has 0 aromatic rings. The van der Waals surface area contributed by atoms with Gasteiger partial charge in [-0.1, -0.05) is 6.92 Å². The minimum absolute atomic E-state index is 0.338. The number of nitrogens with one attached hydrogen (secondary N) is 1. The van der Waals surface area contributed by atoms with E-state index >= 15 is 0 Å². The highest BCUT2D eigenvalue weighted by molar-refractivity contribution is 4.93. The smallest absolute Gasteiger partial charge is 0.0771 e. The molecule has 0 aliphatic heterocycles. The first kappa shape index (κ1) is 8.52. The molecule has 0 aromatic carbocycles. The number of hydrogen-bond acceptors (Lipinski definition) is 2. The van der Waals surface area contributed by atoms with Gasteiger partial charge in [0, 0.05) is 12.6 Å². The van der Waals surface area contributed by atoms with E-state index in [0.29, 0.717) is 6.04 Å². The quantitative estimate of drug-likeness (QED) is 0.667. The molecule has 2 N–H and O–H groups in total. The third-order valence-electron chi connectivity index (χ3n) is 3.60. The van der Waals surface area contributed by atoms with Gasteiger partial charge in [0.15, 0.2) is 0 Å². The van der Waals surface area contributed by atoms with Crippen molar-refractivity contribution in [2.75, 3.05) is 6.54 Å². The Bertz CT molecular complexity index is 165. The Morgan fingerprint density at radius 2 is 2.17 bits per heavy atom. The van der Waals surface area contributed by atoms with Crippen LogP contribution < -0.4 is 5.32 Å². The van der Waals surface area contributed by atoms with Crippen molar-refractivity contribution in [3.8, 4) is 0 Å². The summed E-state index contributed by atoms with van der Waals surface area (Å²) in [5.41, 5.74) is -0.338. The van der Waals surface area contributed by atoms with Gasteiger partial charge in [-0.2, -0.15) is 0 Å². The molecule has 0 radical (unpaired) electrons. The third kappa shape index (κ3) is 1.50. The second-order valence-electron chi connectivity index (χ2n) is 4.62. The van der Waals surface area contributed by atoms with E-state index in [0.717, 1.165) is 25.3 Å². The number of rotatable bonds is 3. The number of aliphatic hydroxyl groups is 1. The van der Waals surface area contributed by atoms with E-state index in [9.17, 15) is 5.11 Å². The van der Waals surface area contributed by atoms with Gasteiger partial charge in [0.05, 0.1) is 5.60 Å². The molecule has 2 heteroatoms. The van der Waals surface area contributed by atoms with Gasteiger partial charge in [0.25, 0.3) is 0 Å². The van der Waals surface area contributed by atoms with Crippen LogP contribution in [0, 0.1) is 5.92 Å². The van der Waals surface area contributed by atoms with Crippen LogP contribution >= 0.6 is 0 Å². The summed E-state index contributed by atoms with van der Waals surface area (Å²) in [5.74, 6) is 0.827. The lowest BCUT2D eigenvalue weighted by atomic mass is 9.77. The maximum Gasteiger partial charge on any atom is 0.0771 e. The zero-order valence-electron chi connectivity index (χ0n) is 7.84. The lowest BCUT2D eigenvalue weighted by Crippen LogP contribution is -2.52. The molecule has 2 unspecified atom stereocenters. The highest BCUT2D eigenvalue weighted by atomic mass is 16.3. The first-order valence-electron chi connectivity index (χ1n) is 5.15. The summed E-state index contributed by atoms with van der Waals surface area (Å²) in [4.78, 5) is 0. The second-order valence-corrected chi connectivity index (χ2v) is 4.62. The van der Waals surface area contributed by atoms with Crippen LogP contribution in [0.15, 0.2) is 0 Å². The molecule has 2 nitrogen and oxygen atoms in total. The summed E-state index contributed by atoms with van der Waals surface area (Å²) in [6, 6.07) is 0.689. The molecule has 0 amide bonds. The standard InChI is InChI=1S/C10H19NO/c1-8-3-4-9(8)11-7-10(12)5-2-6-10/h8-9,11-12H,2-7H2,1H3. The van der Waals surface area contributed by atoms with E-state index in [4.69, 9.17) is 0 Å². The Labute approximate surface area is 74.4 Å². The van der Waals surface area contributed by atoms with Crippen molar-refractivity contribution in [1.29, 1.82) is 0 Å². The molecule has 2 fully saturated rings. The largest absolute Gasteiger partial charge is 0.389 e. The highest BCUT2D eigenvalue weighted by Gasteiger charge is 2.36. The normalized spacial score (nSPS) is 38.5. The van der Waals surface area contributed by atoms with E-state index < -0.39 is 0 Å². The van der Waals surface area contributed by atoms with E-state index in [2.05, 4.69) is 12.2 Å². The van der Waals surface area contributed by atoms with Crippen LogP contribution in [-0.2, 0) is 0 Å². The average Bonchev–Trinajstić information content (AvgIpc) is 1.99. The summed E-state index contributed by atoms with van der Waals surface area (Å²) < 4.78 is 0. The molecule has 2 aliphatic carbocycles. The van der Waals surface area contributed by atoms with Crippen molar-refractivity contribution >= 4 is 0 Å². The first-order chi connectivity index (χ1) is 5.70. The van der Waals surface area contributed by atoms with Crippen LogP contribution in [0.1, 0.15) is 39.0 Å². The van der Waals surface area contributed by atoms with Crippen molar-refractivity contribution in [1.82, 2.24) is 5.32 Å². The zero-order valence-corrected chi connectivity index (χ0v) is 7.84. The summed E-state index contributed by atoms with van der Waals surface area (Å²) in [5, 5.41) is 13.3. The molecule has 0 spiro atoms. The predicted octanol–water partition coefficient (Wildman–Crippen LogP) is 1.29. The molecule has 0 aromatic heterocycles. The number of hydrogen-bond donors (Lipinski definition) is 2. The Kier molecular flexibility index (Phi) is 2.13. The van der Waals surface area contributed by atoms with E-state index in [1.54, 1.807) is 0 Å². The maximum atomic E-state index is 9.80. The first-order valence-corrected chi connectivity index (χ1v) is 5.15. The lowest BCUT2D eigenvalue weighted by molar-refractivity contribution is -0.0370. The van der Waals surface area contributed by atoms with Gasteiger partial charge >= 0.3 is 0 Å². The average molecular weight is 169 g/mol. The summed E-state index contributed by atoms with van der Waals surface area (Å²) in [7, 11) is 0. The monoisotopic (exact) mass is 169 g/mol. The molecule has 0 bridgehead atoms. The summed E-state index contributed by atoms with van der Waals surface area (Å²) in [6.45, 7) is 3.11. The van der Waals surface area contributed by atoms with E-state index in [1.807, 2.05) is 0 Å². The van der Waals surface area contributed by atoms with Gasteiger partial charge in [-0.3, -0.25) is 0 Å². The minimum atomic E-state index is -0.338. The van der Waals surface area contributed by atoms with Gasteiger partial charge < -0.3 is 10.4 Å². The second kappa shape index (κ2) is 3.00. The molecule has 0 heterocycles. The molecule has 2 aliphatic rings.